The molecule has 0 bridgehead atoms. The molecule has 0 aromatic rings. The number of aliphatic hydroxyl groups excluding tert-OH is 3. The lowest BCUT2D eigenvalue weighted by atomic mass is 9.84. The first-order valence-corrected chi connectivity index (χ1v) is 6.06. The molecule has 1 saturated heterocycles. The summed E-state index contributed by atoms with van der Waals surface area (Å²) in [5.41, 5.74) is 0.00407. The molecule has 5 atom stereocenters. The first-order valence-electron chi connectivity index (χ1n) is 6.06. The predicted octanol–water partition coefficient (Wildman–Crippen LogP) is -1.26. The minimum Gasteiger partial charge on any atom is -0.394 e. The molecule has 0 aromatic carbocycles. The Morgan fingerprint density at radius 2 is 1.89 bits per heavy atom. The number of hydrogen-bond acceptors (Lipinski definition) is 6. The third-order valence-corrected chi connectivity index (χ3v) is 3.57. The number of carbonyl (C=O) groups is 2. The van der Waals surface area contributed by atoms with Gasteiger partial charge >= 0.3 is 0 Å². The summed E-state index contributed by atoms with van der Waals surface area (Å²) in [6.45, 7) is 1.29. The highest BCUT2D eigenvalue weighted by Gasteiger charge is 2.44. The van der Waals surface area contributed by atoms with E-state index >= 15 is 0 Å². The van der Waals surface area contributed by atoms with E-state index in [0.29, 0.717) is 0 Å². The molecule has 2 rings (SSSR count). The fourth-order valence-electron chi connectivity index (χ4n) is 2.32. The molecule has 0 radical (unpaired) electrons. The van der Waals surface area contributed by atoms with Crippen molar-refractivity contribution in [2.24, 2.45) is 5.92 Å². The SMILES string of the molecule is C[C@@H]1C(CO)O[C@@H](C2=CC(=O)C=CC2=O)C(O)C1O. The first kappa shape index (κ1) is 14.1. The highest BCUT2D eigenvalue weighted by Crippen LogP contribution is 2.30. The maximum absolute atomic E-state index is 11.7. The second-order valence-electron chi connectivity index (χ2n) is 4.82. The van der Waals surface area contributed by atoms with Gasteiger partial charge in [0.15, 0.2) is 11.6 Å². The summed E-state index contributed by atoms with van der Waals surface area (Å²) in [5.74, 6) is -1.29. The van der Waals surface area contributed by atoms with E-state index in [1.807, 2.05) is 0 Å². The van der Waals surface area contributed by atoms with Gasteiger partial charge < -0.3 is 20.1 Å². The molecule has 19 heavy (non-hydrogen) atoms. The zero-order chi connectivity index (χ0) is 14.2. The van der Waals surface area contributed by atoms with Crippen LogP contribution in [0.4, 0.5) is 0 Å². The van der Waals surface area contributed by atoms with Crippen molar-refractivity contribution in [1.82, 2.24) is 0 Å². The van der Waals surface area contributed by atoms with Gasteiger partial charge in [-0.2, -0.15) is 0 Å². The van der Waals surface area contributed by atoms with Crippen LogP contribution in [0.15, 0.2) is 23.8 Å². The molecular formula is C13H16O6. The van der Waals surface area contributed by atoms with Gasteiger partial charge in [-0.3, -0.25) is 9.59 Å². The van der Waals surface area contributed by atoms with Crippen LogP contribution in [0.5, 0.6) is 0 Å². The topological polar surface area (TPSA) is 104 Å². The van der Waals surface area contributed by atoms with Crippen LogP contribution in [0.1, 0.15) is 6.92 Å². The van der Waals surface area contributed by atoms with Crippen molar-refractivity contribution in [1.29, 1.82) is 0 Å². The average Bonchev–Trinajstić information content (AvgIpc) is 2.40. The number of allylic oxidation sites excluding steroid dienone is 3. The van der Waals surface area contributed by atoms with Crippen LogP contribution >= 0.6 is 0 Å². The summed E-state index contributed by atoms with van der Waals surface area (Å²) < 4.78 is 5.45. The lowest BCUT2D eigenvalue weighted by Gasteiger charge is -2.41. The van der Waals surface area contributed by atoms with Crippen LogP contribution in [0, 0.1) is 5.92 Å². The van der Waals surface area contributed by atoms with Crippen molar-refractivity contribution in [2.45, 2.75) is 31.3 Å². The zero-order valence-electron chi connectivity index (χ0n) is 10.4. The highest BCUT2D eigenvalue weighted by atomic mass is 16.5. The molecule has 6 nitrogen and oxygen atoms in total. The molecule has 3 N–H and O–H groups in total. The lowest BCUT2D eigenvalue weighted by molar-refractivity contribution is -0.193. The molecular weight excluding hydrogens is 252 g/mol. The normalized spacial score (nSPS) is 39.4. The fraction of sp³-hybridized carbons (Fsp3) is 0.538. The predicted molar refractivity (Wildman–Crippen MR) is 64.2 cm³/mol. The van der Waals surface area contributed by atoms with Gasteiger partial charge in [-0.1, -0.05) is 6.92 Å². The van der Waals surface area contributed by atoms with Crippen molar-refractivity contribution in [2.75, 3.05) is 6.61 Å². The molecule has 1 aliphatic carbocycles. The average molecular weight is 268 g/mol. The summed E-state index contributed by atoms with van der Waals surface area (Å²) in [6.07, 6.45) is -0.927. The number of ketones is 2. The van der Waals surface area contributed by atoms with Gasteiger partial charge in [0.05, 0.1) is 18.8 Å². The van der Waals surface area contributed by atoms with Crippen molar-refractivity contribution in [3.05, 3.63) is 23.8 Å². The van der Waals surface area contributed by atoms with Crippen LogP contribution in [-0.2, 0) is 14.3 Å². The van der Waals surface area contributed by atoms with E-state index in [1.54, 1.807) is 6.92 Å². The first-order chi connectivity index (χ1) is 8.95. The quantitative estimate of drug-likeness (QED) is 0.540. The fourth-order valence-corrected chi connectivity index (χ4v) is 2.32. The molecule has 6 heteroatoms. The van der Waals surface area contributed by atoms with Crippen molar-refractivity contribution in [3.8, 4) is 0 Å². The van der Waals surface area contributed by atoms with E-state index in [1.165, 1.54) is 0 Å². The van der Waals surface area contributed by atoms with Gasteiger partial charge in [0.25, 0.3) is 0 Å². The Hall–Kier alpha value is -1.34. The Kier molecular flexibility index (Phi) is 3.96. The molecule has 0 saturated carbocycles. The van der Waals surface area contributed by atoms with E-state index in [9.17, 15) is 24.9 Å². The molecule has 0 amide bonds. The van der Waals surface area contributed by atoms with E-state index in [-0.39, 0.29) is 18.0 Å². The number of rotatable bonds is 2. The van der Waals surface area contributed by atoms with Crippen LogP contribution in [0.2, 0.25) is 0 Å². The van der Waals surface area contributed by atoms with Crippen LogP contribution in [0.25, 0.3) is 0 Å². The Morgan fingerprint density at radius 1 is 1.21 bits per heavy atom. The van der Waals surface area contributed by atoms with Gasteiger partial charge in [-0.25, -0.2) is 0 Å². The molecule has 1 heterocycles. The third kappa shape index (κ3) is 2.52. The van der Waals surface area contributed by atoms with Crippen molar-refractivity contribution in [3.63, 3.8) is 0 Å². The smallest absolute Gasteiger partial charge is 0.184 e. The van der Waals surface area contributed by atoms with Crippen molar-refractivity contribution < 1.29 is 29.6 Å². The van der Waals surface area contributed by atoms with E-state index in [4.69, 9.17) is 4.74 Å². The van der Waals surface area contributed by atoms with Gasteiger partial charge in [0.2, 0.25) is 0 Å². The Morgan fingerprint density at radius 3 is 2.53 bits per heavy atom. The van der Waals surface area contributed by atoms with Crippen LogP contribution < -0.4 is 0 Å². The zero-order valence-corrected chi connectivity index (χ0v) is 10.4. The van der Waals surface area contributed by atoms with E-state index in [2.05, 4.69) is 0 Å². The van der Waals surface area contributed by atoms with E-state index in [0.717, 1.165) is 18.2 Å². The maximum atomic E-state index is 11.7. The Balaban J connectivity index is 2.28. The van der Waals surface area contributed by atoms with Gasteiger partial charge in [-0.15, -0.1) is 0 Å². The second kappa shape index (κ2) is 5.34. The van der Waals surface area contributed by atoms with Crippen LogP contribution in [0.3, 0.4) is 0 Å². The molecule has 0 aromatic heterocycles. The minimum atomic E-state index is -1.31. The van der Waals surface area contributed by atoms with Crippen molar-refractivity contribution >= 4 is 11.6 Å². The summed E-state index contributed by atoms with van der Waals surface area (Å²) >= 11 is 0. The molecule has 3 unspecified atom stereocenters. The molecule has 104 valence electrons. The summed E-state index contributed by atoms with van der Waals surface area (Å²) in [4.78, 5) is 23.0. The Bertz CT molecular complexity index is 450. The Labute approximate surface area is 110 Å². The standard InChI is InChI=1S/C13H16O6/c1-6-10(5-14)19-13(12(18)11(6)17)8-4-7(15)2-3-9(8)16/h2-4,6,10-14,17-18H,5H2,1H3/t6-,10?,11?,12?,13+/m1/s1. The number of ether oxygens (including phenoxy) is 1. The monoisotopic (exact) mass is 268 g/mol. The number of aliphatic hydroxyl groups is 3. The largest absolute Gasteiger partial charge is 0.394 e. The van der Waals surface area contributed by atoms with Gasteiger partial charge in [-0.05, 0) is 18.2 Å². The third-order valence-electron chi connectivity index (χ3n) is 3.57. The minimum absolute atomic E-state index is 0.00407. The molecule has 1 fully saturated rings. The summed E-state index contributed by atoms with van der Waals surface area (Å²) in [7, 11) is 0. The molecule has 0 spiro atoms. The molecule has 1 aliphatic heterocycles. The number of carbonyl (C=O) groups excluding carboxylic acids is 2. The lowest BCUT2D eigenvalue weighted by Crippen LogP contribution is -2.55. The summed E-state index contributed by atoms with van der Waals surface area (Å²) in [5, 5.41) is 29.1. The van der Waals surface area contributed by atoms with E-state index < -0.39 is 36.1 Å². The van der Waals surface area contributed by atoms with Gasteiger partial charge in [0.1, 0.15) is 12.2 Å². The molecule has 2 aliphatic rings. The van der Waals surface area contributed by atoms with Gasteiger partial charge in [0, 0.05) is 11.5 Å². The van der Waals surface area contributed by atoms with Crippen LogP contribution in [-0.4, -0.2) is 57.9 Å². The maximum Gasteiger partial charge on any atom is 0.184 e. The number of hydrogen-bond donors (Lipinski definition) is 3. The second-order valence-corrected chi connectivity index (χ2v) is 4.82. The highest BCUT2D eigenvalue weighted by molar-refractivity contribution is 6.17. The summed E-state index contributed by atoms with van der Waals surface area (Å²) in [6, 6.07) is 0.